The summed E-state index contributed by atoms with van der Waals surface area (Å²) in [6.07, 6.45) is 0.779. The maximum absolute atomic E-state index is 10.0. The van der Waals surface area contributed by atoms with Gasteiger partial charge in [-0.15, -0.1) is 0 Å². The maximum Gasteiger partial charge on any atom is 0.120 e. The molecule has 0 spiro atoms. The van der Waals surface area contributed by atoms with Crippen molar-refractivity contribution in [2.24, 2.45) is 0 Å². The molecule has 3 rings (SSSR count). The lowest BCUT2D eigenvalue weighted by Gasteiger charge is -2.28. The molecule has 1 fully saturated rings. The molecular formula is C27H38O5. The molecule has 0 aliphatic carbocycles. The average molecular weight is 443 g/mol. The lowest BCUT2D eigenvalue weighted by Crippen LogP contribution is -2.30. The van der Waals surface area contributed by atoms with Crippen molar-refractivity contribution in [1.29, 1.82) is 0 Å². The van der Waals surface area contributed by atoms with Gasteiger partial charge >= 0.3 is 0 Å². The Hall–Kier alpha value is -2.08. The van der Waals surface area contributed by atoms with Crippen LogP contribution in [0.1, 0.15) is 65.5 Å². The molecule has 1 aliphatic rings. The van der Waals surface area contributed by atoms with Crippen LogP contribution in [0.5, 0.6) is 11.5 Å². The molecule has 0 aromatic heterocycles. The van der Waals surface area contributed by atoms with Crippen LogP contribution in [-0.4, -0.2) is 46.8 Å². The molecule has 0 bridgehead atoms. The maximum atomic E-state index is 10.0. The molecule has 1 saturated heterocycles. The predicted molar refractivity (Wildman–Crippen MR) is 126 cm³/mol. The molecule has 0 saturated carbocycles. The summed E-state index contributed by atoms with van der Waals surface area (Å²) >= 11 is 0. The molecule has 2 atom stereocenters. The minimum Gasteiger partial charge on any atom is -0.491 e. The second-order valence-corrected chi connectivity index (χ2v) is 10.7. The number of aliphatic hydroxyl groups excluding tert-OH is 1. The number of hydrogen-bond donors (Lipinski definition) is 2. The normalized spacial score (nSPS) is 17.7. The van der Waals surface area contributed by atoms with E-state index in [0.29, 0.717) is 11.9 Å². The lowest BCUT2D eigenvalue weighted by molar-refractivity contribution is 0.00178. The van der Waals surface area contributed by atoms with Gasteiger partial charge in [0.15, 0.2) is 0 Å². The third-order valence-electron chi connectivity index (χ3n) is 5.85. The Morgan fingerprint density at radius 1 is 0.906 bits per heavy atom. The fourth-order valence-electron chi connectivity index (χ4n) is 4.00. The van der Waals surface area contributed by atoms with Gasteiger partial charge in [0.05, 0.1) is 24.4 Å². The highest BCUT2D eigenvalue weighted by atomic mass is 16.6. The van der Waals surface area contributed by atoms with Crippen molar-refractivity contribution in [3.63, 3.8) is 0 Å². The summed E-state index contributed by atoms with van der Waals surface area (Å²) in [7, 11) is 0. The van der Waals surface area contributed by atoms with Gasteiger partial charge in [-0.05, 0) is 63.1 Å². The van der Waals surface area contributed by atoms with E-state index >= 15 is 0 Å². The smallest absolute Gasteiger partial charge is 0.120 e. The summed E-state index contributed by atoms with van der Waals surface area (Å²) in [6, 6.07) is 16.3. The van der Waals surface area contributed by atoms with Crippen molar-refractivity contribution in [2.75, 3.05) is 13.2 Å². The van der Waals surface area contributed by atoms with Crippen molar-refractivity contribution in [3.05, 3.63) is 59.7 Å². The predicted octanol–water partition coefficient (Wildman–Crippen LogP) is 4.86. The summed E-state index contributed by atoms with van der Waals surface area (Å²) in [5, 5.41) is 19.8. The first kappa shape index (κ1) is 24.6. The van der Waals surface area contributed by atoms with E-state index in [1.807, 2.05) is 24.3 Å². The second-order valence-electron chi connectivity index (χ2n) is 10.7. The SMILES string of the molecule is CC(C)(O)CC(O)COc1ccc(C(C)(C)c2ccc(OC(C)(C)CC3CO3)cc2)cc1. The molecule has 2 unspecified atom stereocenters. The highest BCUT2D eigenvalue weighted by molar-refractivity contribution is 5.42. The van der Waals surface area contributed by atoms with Crippen LogP contribution in [0.4, 0.5) is 0 Å². The lowest BCUT2D eigenvalue weighted by atomic mass is 9.78. The zero-order chi connectivity index (χ0) is 23.6. The van der Waals surface area contributed by atoms with Gasteiger partial charge in [-0.25, -0.2) is 0 Å². The van der Waals surface area contributed by atoms with Gasteiger partial charge in [0.25, 0.3) is 0 Å². The van der Waals surface area contributed by atoms with E-state index in [9.17, 15) is 10.2 Å². The van der Waals surface area contributed by atoms with Crippen molar-refractivity contribution in [2.45, 2.75) is 83.2 Å². The van der Waals surface area contributed by atoms with Crippen molar-refractivity contribution in [1.82, 2.24) is 0 Å². The molecule has 1 heterocycles. The van der Waals surface area contributed by atoms with Gasteiger partial charge in [-0.3, -0.25) is 0 Å². The van der Waals surface area contributed by atoms with Gasteiger partial charge in [-0.1, -0.05) is 38.1 Å². The van der Waals surface area contributed by atoms with E-state index in [4.69, 9.17) is 14.2 Å². The van der Waals surface area contributed by atoms with Crippen LogP contribution in [-0.2, 0) is 10.2 Å². The van der Waals surface area contributed by atoms with Crippen LogP contribution in [0.15, 0.2) is 48.5 Å². The van der Waals surface area contributed by atoms with Crippen LogP contribution in [0.3, 0.4) is 0 Å². The number of rotatable bonds is 11. The van der Waals surface area contributed by atoms with Crippen LogP contribution < -0.4 is 9.47 Å². The molecule has 1 aliphatic heterocycles. The third-order valence-corrected chi connectivity index (χ3v) is 5.85. The minimum atomic E-state index is -0.918. The zero-order valence-corrected chi connectivity index (χ0v) is 20.2. The molecule has 0 radical (unpaired) electrons. The van der Waals surface area contributed by atoms with Gasteiger partial charge in [-0.2, -0.15) is 0 Å². The molecule has 176 valence electrons. The molecule has 2 aromatic carbocycles. The molecule has 5 nitrogen and oxygen atoms in total. The molecule has 0 amide bonds. The van der Waals surface area contributed by atoms with E-state index in [-0.39, 0.29) is 24.0 Å². The summed E-state index contributed by atoms with van der Waals surface area (Å²) in [5.41, 5.74) is 1.01. The molecule has 32 heavy (non-hydrogen) atoms. The molecule has 2 N–H and O–H groups in total. The van der Waals surface area contributed by atoms with Gasteiger partial charge in [0, 0.05) is 18.3 Å². The Labute approximate surface area is 192 Å². The van der Waals surface area contributed by atoms with E-state index in [1.165, 1.54) is 11.1 Å². The van der Waals surface area contributed by atoms with Crippen molar-refractivity contribution >= 4 is 0 Å². The summed E-state index contributed by atoms with van der Waals surface area (Å²) < 4.78 is 17.2. The number of hydrogen-bond acceptors (Lipinski definition) is 5. The van der Waals surface area contributed by atoms with Crippen LogP contribution in [0.25, 0.3) is 0 Å². The van der Waals surface area contributed by atoms with E-state index in [2.05, 4.69) is 52.0 Å². The largest absolute Gasteiger partial charge is 0.491 e. The Bertz CT molecular complexity index is 858. The van der Waals surface area contributed by atoms with Gasteiger partial charge in [0.2, 0.25) is 0 Å². The Kier molecular flexibility index (Phi) is 7.23. The summed E-state index contributed by atoms with van der Waals surface area (Å²) in [4.78, 5) is 0. The van der Waals surface area contributed by atoms with E-state index < -0.39 is 11.7 Å². The van der Waals surface area contributed by atoms with Crippen molar-refractivity contribution in [3.8, 4) is 11.5 Å². The highest BCUT2D eigenvalue weighted by Crippen LogP contribution is 2.34. The number of epoxide rings is 1. The van der Waals surface area contributed by atoms with E-state index in [0.717, 1.165) is 18.8 Å². The Morgan fingerprint density at radius 2 is 1.41 bits per heavy atom. The van der Waals surface area contributed by atoms with Crippen LogP contribution in [0, 0.1) is 0 Å². The number of aliphatic hydroxyl groups is 2. The Morgan fingerprint density at radius 3 is 1.88 bits per heavy atom. The topological polar surface area (TPSA) is 71.5 Å². The Balaban J connectivity index is 1.60. The monoisotopic (exact) mass is 442 g/mol. The number of benzene rings is 2. The van der Waals surface area contributed by atoms with Crippen molar-refractivity contribution < 1.29 is 24.4 Å². The first-order valence-corrected chi connectivity index (χ1v) is 11.4. The molecular weight excluding hydrogens is 404 g/mol. The quantitative estimate of drug-likeness (QED) is 0.486. The summed E-state index contributed by atoms with van der Waals surface area (Å²) in [6.45, 7) is 12.9. The van der Waals surface area contributed by atoms with E-state index in [1.54, 1.807) is 13.8 Å². The third kappa shape index (κ3) is 7.22. The second kappa shape index (κ2) is 9.42. The summed E-state index contributed by atoms with van der Waals surface area (Å²) in [5.74, 6) is 1.56. The minimum absolute atomic E-state index is 0.150. The first-order valence-electron chi connectivity index (χ1n) is 11.4. The standard InChI is InChI=1S/C27H38O5/c1-25(2,29)15-21(28)17-30-22-11-7-19(8-12-22)27(5,6)20-9-13-23(14-10-20)32-26(3,4)16-24-18-31-24/h7-14,21,24,28-29H,15-18H2,1-6H3. The average Bonchev–Trinajstić information content (AvgIpc) is 3.48. The molecule has 2 aromatic rings. The van der Waals surface area contributed by atoms with Gasteiger partial charge < -0.3 is 24.4 Å². The van der Waals surface area contributed by atoms with Gasteiger partial charge in [0.1, 0.15) is 23.7 Å². The zero-order valence-electron chi connectivity index (χ0n) is 20.2. The first-order chi connectivity index (χ1) is 14.8. The number of ether oxygens (including phenoxy) is 3. The fourth-order valence-corrected chi connectivity index (χ4v) is 4.00. The molecule has 5 heteroatoms. The van der Waals surface area contributed by atoms with Crippen LogP contribution in [0.2, 0.25) is 0 Å². The highest BCUT2D eigenvalue weighted by Gasteiger charge is 2.33. The van der Waals surface area contributed by atoms with Crippen LogP contribution >= 0.6 is 0 Å². The fraction of sp³-hybridized carbons (Fsp3) is 0.556.